The van der Waals surface area contributed by atoms with E-state index in [0.717, 1.165) is 18.2 Å². The molecule has 5 rings (SSSR count). The second-order valence-electron chi connectivity index (χ2n) is 8.23. The van der Waals surface area contributed by atoms with Gasteiger partial charge in [0.15, 0.2) is 0 Å². The van der Waals surface area contributed by atoms with E-state index in [1.54, 1.807) is 28.9 Å². The van der Waals surface area contributed by atoms with Crippen LogP contribution in [-0.2, 0) is 0 Å². The first-order chi connectivity index (χ1) is 14.9. The zero-order chi connectivity index (χ0) is 21.7. The number of benzene rings is 2. The number of aromatic nitrogens is 3. The Morgan fingerprint density at radius 1 is 1.13 bits per heavy atom. The van der Waals surface area contributed by atoms with E-state index in [9.17, 15) is 9.18 Å². The number of rotatable bonds is 4. The van der Waals surface area contributed by atoms with E-state index in [4.69, 9.17) is 11.5 Å². The minimum atomic E-state index is -0.612. The first kappa shape index (κ1) is 19.2. The molecule has 0 aliphatic heterocycles. The molecule has 0 atom stereocenters. The number of carbonyl (C=O) groups is 1. The van der Waals surface area contributed by atoms with Gasteiger partial charge in [-0.25, -0.2) is 14.1 Å². The molecule has 4 aromatic rings. The lowest BCUT2D eigenvalue weighted by atomic mass is 9.82. The summed E-state index contributed by atoms with van der Waals surface area (Å²) in [5.74, 6) is -0.0367. The molecule has 0 bridgehead atoms. The van der Waals surface area contributed by atoms with Gasteiger partial charge in [0.05, 0.1) is 17.3 Å². The number of amides is 1. The smallest absolute Gasteiger partial charge is 0.254 e. The van der Waals surface area contributed by atoms with Crippen LogP contribution in [0.15, 0.2) is 54.6 Å². The number of fused-ring (bicyclic) bond motifs is 1. The number of nitrogen functional groups attached to an aromatic ring is 1. The van der Waals surface area contributed by atoms with Gasteiger partial charge in [0, 0.05) is 16.5 Å². The first-order valence-electron chi connectivity index (χ1n) is 10.3. The molecular weight excluding hydrogens is 393 g/mol. The van der Waals surface area contributed by atoms with Crippen LogP contribution in [-0.4, -0.2) is 20.7 Å². The molecule has 1 amide bonds. The third-order valence-electron chi connectivity index (χ3n) is 6.00. The molecule has 2 aromatic heterocycles. The van der Waals surface area contributed by atoms with Crippen molar-refractivity contribution in [2.24, 2.45) is 11.7 Å². The SMILES string of the molecule is CC1CC(n2nc(-c3ccc4ccc(-c5ccccc5F)nc4c3)c(C(N)=O)c2N)C1. The monoisotopic (exact) mass is 415 g/mol. The summed E-state index contributed by atoms with van der Waals surface area (Å²) >= 11 is 0. The highest BCUT2D eigenvalue weighted by Crippen LogP contribution is 2.40. The molecule has 1 saturated carbocycles. The summed E-state index contributed by atoms with van der Waals surface area (Å²) in [4.78, 5) is 16.8. The largest absolute Gasteiger partial charge is 0.383 e. The van der Waals surface area contributed by atoms with Crippen LogP contribution in [0.1, 0.15) is 36.2 Å². The zero-order valence-corrected chi connectivity index (χ0v) is 17.0. The number of anilines is 1. The Bertz CT molecular complexity index is 1320. The van der Waals surface area contributed by atoms with E-state index < -0.39 is 5.91 Å². The van der Waals surface area contributed by atoms with Gasteiger partial charge in [-0.2, -0.15) is 5.10 Å². The number of halogens is 1. The molecule has 1 aliphatic rings. The van der Waals surface area contributed by atoms with Crippen LogP contribution < -0.4 is 11.5 Å². The molecule has 0 spiro atoms. The van der Waals surface area contributed by atoms with Crippen molar-refractivity contribution >= 4 is 22.6 Å². The number of nitrogens with zero attached hydrogens (tertiary/aromatic N) is 3. The lowest BCUT2D eigenvalue weighted by Gasteiger charge is -2.33. The molecule has 6 nitrogen and oxygen atoms in total. The second-order valence-corrected chi connectivity index (χ2v) is 8.23. The van der Waals surface area contributed by atoms with Crippen LogP contribution in [0.4, 0.5) is 10.2 Å². The maximum atomic E-state index is 14.2. The van der Waals surface area contributed by atoms with Gasteiger partial charge in [0.1, 0.15) is 22.9 Å². The average molecular weight is 415 g/mol. The second kappa shape index (κ2) is 7.19. The van der Waals surface area contributed by atoms with Crippen molar-refractivity contribution in [3.63, 3.8) is 0 Å². The number of hydrogen-bond acceptors (Lipinski definition) is 4. The fraction of sp³-hybridized carbons (Fsp3) is 0.208. The Labute approximate surface area is 178 Å². The fourth-order valence-electron chi connectivity index (χ4n) is 4.31. The van der Waals surface area contributed by atoms with Crippen molar-refractivity contribution in [3.8, 4) is 22.5 Å². The summed E-state index contributed by atoms with van der Waals surface area (Å²) in [6.45, 7) is 2.17. The van der Waals surface area contributed by atoms with Crippen LogP contribution in [0, 0.1) is 11.7 Å². The van der Waals surface area contributed by atoms with Crippen molar-refractivity contribution in [3.05, 3.63) is 66.0 Å². The van der Waals surface area contributed by atoms with E-state index in [-0.39, 0.29) is 17.4 Å². The summed E-state index contributed by atoms with van der Waals surface area (Å²) in [5.41, 5.74) is 14.9. The number of carbonyl (C=O) groups excluding carboxylic acids is 1. The van der Waals surface area contributed by atoms with Gasteiger partial charge < -0.3 is 11.5 Å². The predicted molar refractivity (Wildman–Crippen MR) is 119 cm³/mol. The maximum Gasteiger partial charge on any atom is 0.254 e. The summed E-state index contributed by atoms with van der Waals surface area (Å²) in [6.07, 6.45) is 1.93. The normalized spacial score (nSPS) is 18.1. The van der Waals surface area contributed by atoms with E-state index in [1.807, 2.05) is 24.3 Å². The van der Waals surface area contributed by atoms with Gasteiger partial charge in [-0.3, -0.25) is 4.79 Å². The van der Waals surface area contributed by atoms with E-state index >= 15 is 0 Å². The predicted octanol–water partition coefficient (Wildman–Crippen LogP) is 4.56. The van der Waals surface area contributed by atoms with E-state index in [0.29, 0.717) is 39.8 Å². The Morgan fingerprint density at radius 2 is 1.87 bits per heavy atom. The maximum absolute atomic E-state index is 14.2. The van der Waals surface area contributed by atoms with Crippen LogP contribution in [0.5, 0.6) is 0 Å². The third-order valence-corrected chi connectivity index (χ3v) is 6.00. The quantitative estimate of drug-likeness (QED) is 0.510. The minimum absolute atomic E-state index is 0.174. The van der Waals surface area contributed by atoms with Crippen molar-refractivity contribution in [2.75, 3.05) is 5.73 Å². The number of primary amides is 1. The fourth-order valence-corrected chi connectivity index (χ4v) is 4.31. The highest BCUT2D eigenvalue weighted by molar-refractivity contribution is 6.04. The van der Waals surface area contributed by atoms with Crippen LogP contribution in [0.3, 0.4) is 0 Å². The van der Waals surface area contributed by atoms with Crippen molar-refractivity contribution in [1.82, 2.24) is 14.8 Å². The van der Waals surface area contributed by atoms with Crippen LogP contribution in [0.25, 0.3) is 33.4 Å². The van der Waals surface area contributed by atoms with Gasteiger partial charge in [0.2, 0.25) is 0 Å². The Hall–Kier alpha value is -3.74. The molecule has 0 saturated heterocycles. The minimum Gasteiger partial charge on any atom is -0.383 e. The Kier molecular flexibility index (Phi) is 4.46. The molecule has 4 N–H and O–H groups in total. The van der Waals surface area contributed by atoms with Gasteiger partial charge in [-0.05, 0) is 43.0 Å². The summed E-state index contributed by atoms with van der Waals surface area (Å²) in [7, 11) is 0. The van der Waals surface area contributed by atoms with Crippen LogP contribution in [0.2, 0.25) is 0 Å². The topological polar surface area (TPSA) is 99.8 Å². The molecule has 31 heavy (non-hydrogen) atoms. The lowest BCUT2D eigenvalue weighted by Crippen LogP contribution is -2.27. The van der Waals surface area contributed by atoms with Gasteiger partial charge in [0.25, 0.3) is 5.91 Å². The summed E-state index contributed by atoms with van der Waals surface area (Å²) in [5, 5.41) is 5.56. The standard InChI is InChI=1S/C24H22FN5O/c1-13-10-16(11-13)30-23(26)21(24(27)31)22(29-30)15-7-6-14-8-9-19(28-20(14)12-15)17-4-2-3-5-18(17)25/h2-9,12-13,16H,10-11,26H2,1H3,(H2,27,31). The molecular formula is C24H22FN5O. The molecule has 1 fully saturated rings. The highest BCUT2D eigenvalue weighted by atomic mass is 19.1. The molecule has 7 heteroatoms. The van der Waals surface area contributed by atoms with Crippen molar-refractivity contribution < 1.29 is 9.18 Å². The van der Waals surface area contributed by atoms with Gasteiger partial charge >= 0.3 is 0 Å². The van der Waals surface area contributed by atoms with E-state index in [1.165, 1.54) is 6.07 Å². The summed E-state index contributed by atoms with van der Waals surface area (Å²) < 4.78 is 16.0. The highest BCUT2D eigenvalue weighted by Gasteiger charge is 2.32. The molecule has 0 unspecified atom stereocenters. The third kappa shape index (κ3) is 3.22. The number of hydrogen-bond donors (Lipinski definition) is 2. The number of nitrogens with two attached hydrogens (primary N) is 2. The van der Waals surface area contributed by atoms with Gasteiger partial charge in [-0.1, -0.05) is 37.3 Å². The first-order valence-corrected chi connectivity index (χ1v) is 10.3. The molecule has 2 heterocycles. The molecule has 2 aromatic carbocycles. The average Bonchev–Trinajstić information content (AvgIpc) is 3.08. The van der Waals surface area contributed by atoms with Gasteiger partial charge in [-0.15, -0.1) is 0 Å². The number of pyridine rings is 1. The zero-order valence-electron chi connectivity index (χ0n) is 17.0. The lowest BCUT2D eigenvalue weighted by molar-refractivity contribution is 0.100. The van der Waals surface area contributed by atoms with E-state index in [2.05, 4.69) is 17.0 Å². The van der Waals surface area contributed by atoms with Crippen LogP contribution >= 0.6 is 0 Å². The molecule has 156 valence electrons. The van der Waals surface area contributed by atoms with Crippen molar-refractivity contribution in [2.45, 2.75) is 25.8 Å². The molecule has 0 radical (unpaired) electrons. The Balaban J connectivity index is 1.63. The molecule has 1 aliphatic carbocycles. The Morgan fingerprint density at radius 3 is 2.58 bits per heavy atom. The summed E-state index contributed by atoms with van der Waals surface area (Å²) in [6, 6.07) is 16.0. The van der Waals surface area contributed by atoms with Crippen molar-refractivity contribution in [1.29, 1.82) is 0 Å².